The number of carbonyl (C=O) groups is 3. The van der Waals surface area contributed by atoms with Crippen LogP contribution in [-0.4, -0.2) is 71.2 Å². The maximum atomic E-state index is 13.0. The Balaban J connectivity index is 1.33. The van der Waals surface area contributed by atoms with Gasteiger partial charge in [-0.2, -0.15) is 0 Å². The monoisotopic (exact) mass is 369 g/mol. The van der Waals surface area contributed by atoms with Gasteiger partial charge in [0.1, 0.15) is 6.04 Å². The standard InChI is InChI=1S/C21H27N3O3/c1-2-3-4-7-19(25)22-11-16-13-23(14-17(16)12-22)21(27)18-6-5-10-24(18)20(26)15-8-9-15/h2-4,7,15,18H,5-6,8-14H2,1H3/b3-2+,7-4+/t18-/m0/s1. The summed E-state index contributed by atoms with van der Waals surface area (Å²) in [5, 5.41) is 0. The van der Waals surface area contributed by atoms with E-state index in [1.54, 1.807) is 12.2 Å². The number of likely N-dealkylation sites (tertiary alicyclic amines) is 1. The van der Waals surface area contributed by atoms with Crippen LogP contribution >= 0.6 is 0 Å². The van der Waals surface area contributed by atoms with Gasteiger partial charge in [0, 0.05) is 44.7 Å². The quantitative estimate of drug-likeness (QED) is 0.429. The molecule has 3 amide bonds. The molecule has 0 aromatic carbocycles. The molecule has 1 atom stereocenters. The number of nitrogens with zero attached hydrogens (tertiary/aromatic N) is 3. The van der Waals surface area contributed by atoms with Crippen molar-refractivity contribution >= 4 is 17.7 Å². The third-order valence-corrected chi connectivity index (χ3v) is 5.94. The molecule has 4 aliphatic rings. The molecule has 144 valence electrons. The lowest BCUT2D eigenvalue weighted by Crippen LogP contribution is -2.48. The minimum Gasteiger partial charge on any atom is -0.333 e. The number of amides is 3. The Bertz CT molecular complexity index is 730. The van der Waals surface area contributed by atoms with E-state index in [9.17, 15) is 14.4 Å². The maximum absolute atomic E-state index is 13.0. The summed E-state index contributed by atoms with van der Waals surface area (Å²) in [5.41, 5.74) is 2.38. The number of carbonyl (C=O) groups excluding carboxylic acids is 3. The average Bonchev–Trinajstić information content (AvgIpc) is 3.07. The highest BCUT2D eigenvalue weighted by Gasteiger charge is 2.43. The molecule has 2 fully saturated rings. The molecule has 6 nitrogen and oxygen atoms in total. The zero-order chi connectivity index (χ0) is 19.0. The summed E-state index contributed by atoms with van der Waals surface area (Å²) in [6.45, 7) is 5.03. The normalized spacial score (nSPS) is 25.4. The van der Waals surface area contributed by atoms with E-state index in [2.05, 4.69) is 0 Å². The Kier molecular flexibility index (Phi) is 4.89. The van der Waals surface area contributed by atoms with E-state index in [0.717, 1.165) is 25.7 Å². The molecule has 0 N–H and O–H groups in total. The highest BCUT2D eigenvalue weighted by Crippen LogP contribution is 2.35. The SMILES string of the molecule is C/C=C/C=C/C(=O)N1CC2=C(C1)CN(C(=O)[C@@H]1CCCN1C(=O)C1CC1)C2. The van der Waals surface area contributed by atoms with Crippen LogP contribution in [0.4, 0.5) is 0 Å². The van der Waals surface area contributed by atoms with Crippen LogP contribution in [0.5, 0.6) is 0 Å². The lowest BCUT2D eigenvalue weighted by atomic mass is 10.1. The van der Waals surface area contributed by atoms with Crippen LogP contribution in [0.1, 0.15) is 32.6 Å². The summed E-state index contributed by atoms with van der Waals surface area (Å²) < 4.78 is 0. The third-order valence-electron chi connectivity index (χ3n) is 5.94. The largest absolute Gasteiger partial charge is 0.333 e. The van der Waals surface area contributed by atoms with Crippen LogP contribution in [0, 0.1) is 5.92 Å². The molecule has 0 radical (unpaired) electrons. The Hall–Kier alpha value is -2.37. The number of allylic oxidation sites excluding steroid dienone is 3. The summed E-state index contributed by atoms with van der Waals surface area (Å²) in [5.74, 6) is 0.435. The highest BCUT2D eigenvalue weighted by atomic mass is 16.2. The van der Waals surface area contributed by atoms with Gasteiger partial charge in [-0.25, -0.2) is 0 Å². The van der Waals surface area contributed by atoms with Gasteiger partial charge in [-0.15, -0.1) is 0 Å². The van der Waals surface area contributed by atoms with Crippen molar-refractivity contribution in [2.75, 3.05) is 32.7 Å². The van der Waals surface area contributed by atoms with Crippen molar-refractivity contribution < 1.29 is 14.4 Å². The average molecular weight is 369 g/mol. The number of hydrogen-bond acceptors (Lipinski definition) is 3. The molecular formula is C21H27N3O3. The van der Waals surface area contributed by atoms with E-state index < -0.39 is 0 Å². The number of hydrogen-bond donors (Lipinski definition) is 0. The molecule has 1 saturated heterocycles. The summed E-state index contributed by atoms with van der Waals surface area (Å²) in [6, 6.07) is -0.278. The van der Waals surface area contributed by atoms with E-state index in [1.807, 2.05) is 33.8 Å². The third kappa shape index (κ3) is 3.57. The fourth-order valence-electron chi connectivity index (χ4n) is 4.31. The molecule has 3 heterocycles. The zero-order valence-electron chi connectivity index (χ0n) is 15.9. The Morgan fingerprint density at radius 3 is 2.19 bits per heavy atom. The molecule has 1 saturated carbocycles. The van der Waals surface area contributed by atoms with Gasteiger partial charge in [0.2, 0.25) is 17.7 Å². The molecule has 0 unspecified atom stereocenters. The van der Waals surface area contributed by atoms with Crippen LogP contribution < -0.4 is 0 Å². The van der Waals surface area contributed by atoms with Gasteiger partial charge in [0.15, 0.2) is 0 Å². The van der Waals surface area contributed by atoms with Crippen molar-refractivity contribution in [1.29, 1.82) is 0 Å². The number of rotatable bonds is 4. The van der Waals surface area contributed by atoms with Gasteiger partial charge in [-0.05, 0) is 43.8 Å². The van der Waals surface area contributed by atoms with Crippen molar-refractivity contribution in [1.82, 2.24) is 14.7 Å². The Morgan fingerprint density at radius 2 is 1.56 bits per heavy atom. The second kappa shape index (κ2) is 7.33. The van der Waals surface area contributed by atoms with E-state index >= 15 is 0 Å². The van der Waals surface area contributed by atoms with Crippen molar-refractivity contribution in [3.8, 4) is 0 Å². The zero-order valence-corrected chi connectivity index (χ0v) is 15.9. The predicted octanol–water partition coefficient (Wildman–Crippen LogP) is 1.50. The minimum absolute atomic E-state index is 0.0115. The summed E-state index contributed by atoms with van der Waals surface area (Å²) in [4.78, 5) is 43.2. The summed E-state index contributed by atoms with van der Waals surface area (Å²) in [7, 11) is 0. The van der Waals surface area contributed by atoms with E-state index in [4.69, 9.17) is 0 Å². The molecule has 4 rings (SSSR count). The lowest BCUT2D eigenvalue weighted by Gasteiger charge is -2.29. The Morgan fingerprint density at radius 1 is 0.889 bits per heavy atom. The topological polar surface area (TPSA) is 60.9 Å². The molecule has 27 heavy (non-hydrogen) atoms. The minimum atomic E-state index is -0.278. The van der Waals surface area contributed by atoms with Crippen LogP contribution in [0.3, 0.4) is 0 Å². The first-order valence-corrected chi connectivity index (χ1v) is 9.95. The van der Waals surface area contributed by atoms with Crippen molar-refractivity contribution in [2.24, 2.45) is 5.92 Å². The van der Waals surface area contributed by atoms with E-state index in [-0.39, 0.29) is 29.7 Å². The summed E-state index contributed by atoms with van der Waals surface area (Å²) in [6.07, 6.45) is 10.7. The molecule has 3 aliphatic heterocycles. The molecule has 1 aliphatic carbocycles. The van der Waals surface area contributed by atoms with Crippen LogP contribution in [0.15, 0.2) is 35.5 Å². The smallest absolute Gasteiger partial charge is 0.247 e. The highest BCUT2D eigenvalue weighted by molar-refractivity contribution is 5.91. The van der Waals surface area contributed by atoms with Crippen LogP contribution in [0.25, 0.3) is 0 Å². The molecule has 6 heteroatoms. The van der Waals surface area contributed by atoms with Gasteiger partial charge in [0.05, 0.1) is 0 Å². The van der Waals surface area contributed by atoms with Gasteiger partial charge >= 0.3 is 0 Å². The molecule has 0 spiro atoms. The van der Waals surface area contributed by atoms with Gasteiger partial charge in [-0.1, -0.05) is 18.2 Å². The molecule has 0 bridgehead atoms. The first kappa shape index (κ1) is 18.0. The fourth-order valence-corrected chi connectivity index (χ4v) is 4.31. The molecular weight excluding hydrogens is 342 g/mol. The van der Waals surface area contributed by atoms with Crippen LogP contribution in [-0.2, 0) is 14.4 Å². The van der Waals surface area contributed by atoms with Crippen molar-refractivity contribution in [3.05, 3.63) is 35.5 Å². The summed E-state index contributed by atoms with van der Waals surface area (Å²) >= 11 is 0. The maximum Gasteiger partial charge on any atom is 0.247 e. The van der Waals surface area contributed by atoms with Crippen LogP contribution in [0.2, 0.25) is 0 Å². The Labute approximate surface area is 160 Å². The molecule has 0 aromatic heterocycles. The molecule has 0 aromatic rings. The second-order valence-corrected chi connectivity index (χ2v) is 7.94. The van der Waals surface area contributed by atoms with Crippen molar-refractivity contribution in [3.63, 3.8) is 0 Å². The first-order valence-electron chi connectivity index (χ1n) is 9.95. The fraction of sp³-hybridized carbons (Fsp3) is 0.571. The first-order chi connectivity index (χ1) is 13.1. The van der Waals surface area contributed by atoms with Gasteiger partial charge in [0.25, 0.3) is 0 Å². The van der Waals surface area contributed by atoms with E-state index in [0.29, 0.717) is 32.7 Å². The lowest BCUT2D eigenvalue weighted by molar-refractivity contribution is -0.143. The predicted molar refractivity (Wildman–Crippen MR) is 102 cm³/mol. The van der Waals surface area contributed by atoms with Gasteiger partial charge in [-0.3, -0.25) is 14.4 Å². The van der Waals surface area contributed by atoms with E-state index in [1.165, 1.54) is 11.1 Å². The second-order valence-electron chi connectivity index (χ2n) is 7.94. The van der Waals surface area contributed by atoms with Crippen molar-refractivity contribution in [2.45, 2.75) is 38.6 Å². The van der Waals surface area contributed by atoms with Gasteiger partial charge < -0.3 is 14.7 Å².